The minimum absolute atomic E-state index is 0. The van der Waals surface area contributed by atoms with Gasteiger partial charge in [0.25, 0.3) is 0 Å². The van der Waals surface area contributed by atoms with Crippen molar-refractivity contribution in [3.63, 3.8) is 0 Å². The van der Waals surface area contributed by atoms with Crippen molar-refractivity contribution in [2.45, 2.75) is 46.7 Å². The van der Waals surface area contributed by atoms with E-state index in [0.717, 1.165) is 49.9 Å². The van der Waals surface area contributed by atoms with E-state index in [-0.39, 0.29) is 24.0 Å². The summed E-state index contributed by atoms with van der Waals surface area (Å²) in [6, 6.07) is 8.82. The van der Waals surface area contributed by atoms with Gasteiger partial charge in [-0.3, -0.25) is 4.90 Å². The number of nitrogens with zero attached hydrogens (tertiary/aromatic N) is 4. The van der Waals surface area contributed by atoms with Crippen molar-refractivity contribution in [1.29, 1.82) is 0 Å². The largest absolute Gasteiger partial charge is 0.444 e. The summed E-state index contributed by atoms with van der Waals surface area (Å²) in [4.78, 5) is 14.3. The molecule has 2 aromatic rings. The van der Waals surface area contributed by atoms with Gasteiger partial charge in [0.05, 0.1) is 6.54 Å². The van der Waals surface area contributed by atoms with E-state index >= 15 is 0 Å². The Morgan fingerprint density at radius 1 is 1.24 bits per heavy atom. The van der Waals surface area contributed by atoms with Crippen LogP contribution in [0.4, 0.5) is 0 Å². The van der Waals surface area contributed by atoms with E-state index in [9.17, 15) is 0 Å². The van der Waals surface area contributed by atoms with Crippen LogP contribution in [0, 0.1) is 6.92 Å². The average molecular weight is 511 g/mol. The zero-order valence-electron chi connectivity index (χ0n) is 18.0. The van der Waals surface area contributed by atoms with Crippen molar-refractivity contribution < 1.29 is 4.42 Å². The maximum atomic E-state index is 5.66. The number of hydrogen-bond acceptors (Lipinski definition) is 4. The van der Waals surface area contributed by atoms with Gasteiger partial charge in [-0.05, 0) is 45.5 Å². The Morgan fingerprint density at radius 2 is 1.97 bits per heavy atom. The lowest BCUT2D eigenvalue weighted by Crippen LogP contribution is -2.43. The number of nitrogens with one attached hydrogen (secondary N) is 1. The first-order valence-electron chi connectivity index (χ1n) is 10.4. The maximum Gasteiger partial charge on any atom is 0.226 e. The predicted octanol–water partition coefficient (Wildman–Crippen LogP) is 4.15. The molecule has 1 unspecified atom stereocenters. The Morgan fingerprint density at radius 3 is 2.62 bits per heavy atom. The van der Waals surface area contributed by atoms with Crippen LogP contribution in [0.1, 0.15) is 38.4 Å². The molecule has 1 aliphatic heterocycles. The molecule has 1 aliphatic rings. The summed E-state index contributed by atoms with van der Waals surface area (Å²) in [5.74, 6) is 1.62. The molecular weight excluding hydrogens is 477 g/mol. The Labute approximate surface area is 191 Å². The van der Waals surface area contributed by atoms with Crippen LogP contribution < -0.4 is 5.32 Å². The Balaban J connectivity index is 0.00000300. The lowest BCUT2D eigenvalue weighted by molar-refractivity contribution is 0.223. The smallest absolute Gasteiger partial charge is 0.226 e. The Bertz CT molecular complexity index is 770. The molecule has 0 radical (unpaired) electrons. The molecule has 0 spiro atoms. The summed E-state index contributed by atoms with van der Waals surface area (Å²) >= 11 is 0. The van der Waals surface area contributed by atoms with Crippen molar-refractivity contribution in [3.05, 3.63) is 41.8 Å². The van der Waals surface area contributed by atoms with Crippen LogP contribution in [0.5, 0.6) is 0 Å². The highest BCUT2D eigenvalue weighted by atomic mass is 127. The number of likely N-dealkylation sites (N-methyl/N-ethyl adjacent to an activating group) is 1. The van der Waals surface area contributed by atoms with Crippen LogP contribution in [-0.4, -0.2) is 59.5 Å². The zero-order chi connectivity index (χ0) is 19.9. The molecule has 1 aromatic carbocycles. The predicted molar refractivity (Wildman–Crippen MR) is 130 cm³/mol. The topological polar surface area (TPSA) is 56.9 Å². The first kappa shape index (κ1) is 23.7. The third kappa shape index (κ3) is 6.18. The van der Waals surface area contributed by atoms with Crippen molar-refractivity contribution in [3.8, 4) is 11.5 Å². The molecular formula is C22H34IN5O. The number of oxazole rings is 1. The molecule has 3 rings (SSSR count). The fourth-order valence-electron chi connectivity index (χ4n) is 3.76. The van der Waals surface area contributed by atoms with E-state index in [4.69, 9.17) is 9.41 Å². The number of aliphatic imine (C=N–C) groups is 1. The summed E-state index contributed by atoms with van der Waals surface area (Å²) < 4.78 is 5.66. The third-order valence-corrected chi connectivity index (χ3v) is 5.37. The summed E-state index contributed by atoms with van der Waals surface area (Å²) in [6.45, 7) is 14.3. The van der Waals surface area contributed by atoms with Crippen molar-refractivity contribution in [2.75, 3.05) is 32.7 Å². The second kappa shape index (κ2) is 11.5. The van der Waals surface area contributed by atoms with Gasteiger partial charge in [-0.1, -0.05) is 31.5 Å². The van der Waals surface area contributed by atoms with E-state index in [2.05, 4.69) is 59.9 Å². The second-order valence-corrected chi connectivity index (χ2v) is 7.29. The van der Waals surface area contributed by atoms with Crippen molar-refractivity contribution >= 4 is 29.9 Å². The summed E-state index contributed by atoms with van der Waals surface area (Å²) in [5, 5.41) is 3.43. The summed E-state index contributed by atoms with van der Waals surface area (Å²) in [5.41, 5.74) is 3.07. The monoisotopic (exact) mass is 511 g/mol. The van der Waals surface area contributed by atoms with Gasteiger partial charge in [-0.15, -0.1) is 24.0 Å². The van der Waals surface area contributed by atoms with Crippen LogP contribution in [0.15, 0.2) is 39.9 Å². The molecule has 0 bridgehead atoms. The normalized spacial score (nSPS) is 16.9. The number of rotatable bonds is 7. The Hall–Kier alpha value is -1.61. The minimum Gasteiger partial charge on any atom is -0.444 e. The molecule has 160 valence electrons. The highest BCUT2D eigenvalue weighted by Gasteiger charge is 2.28. The molecule has 0 saturated carbocycles. The molecule has 0 aliphatic carbocycles. The van der Waals surface area contributed by atoms with Gasteiger partial charge in [-0.2, -0.15) is 0 Å². The number of guanidine groups is 1. The SMILES string of the molecule is CCNC(=NCc1coc(-c2ccc(C)cc2)n1)N1CCC(N(CC)CC)C1.I. The van der Waals surface area contributed by atoms with Gasteiger partial charge in [-0.25, -0.2) is 9.98 Å². The number of aryl methyl sites for hydroxylation is 1. The number of hydrogen-bond donors (Lipinski definition) is 1. The molecule has 1 aromatic heterocycles. The number of halogens is 1. The number of likely N-dealkylation sites (tertiary alicyclic amines) is 1. The summed E-state index contributed by atoms with van der Waals surface area (Å²) in [6.07, 6.45) is 2.90. The fraction of sp³-hybridized carbons (Fsp3) is 0.545. The quantitative estimate of drug-likeness (QED) is 0.344. The van der Waals surface area contributed by atoms with Crippen LogP contribution in [0.2, 0.25) is 0 Å². The first-order valence-corrected chi connectivity index (χ1v) is 10.4. The third-order valence-electron chi connectivity index (χ3n) is 5.37. The van der Waals surface area contributed by atoms with Gasteiger partial charge in [0, 0.05) is 31.2 Å². The molecule has 2 heterocycles. The van der Waals surface area contributed by atoms with E-state index in [1.54, 1.807) is 6.26 Å². The van der Waals surface area contributed by atoms with Crippen LogP contribution in [-0.2, 0) is 6.54 Å². The lowest BCUT2D eigenvalue weighted by atomic mass is 10.1. The standard InChI is InChI=1S/C22H33N5O.HI/c1-5-23-22(27-13-12-20(15-27)26(6-2)7-3)24-14-19-16-28-21(25-19)18-10-8-17(4)9-11-18;/h8-11,16,20H,5-7,12-15H2,1-4H3,(H,23,24);1H. The molecule has 0 amide bonds. The van der Waals surface area contributed by atoms with Crippen LogP contribution >= 0.6 is 24.0 Å². The van der Waals surface area contributed by atoms with Crippen molar-refractivity contribution in [1.82, 2.24) is 20.1 Å². The van der Waals surface area contributed by atoms with Gasteiger partial charge in [0.2, 0.25) is 5.89 Å². The maximum absolute atomic E-state index is 5.66. The van der Waals surface area contributed by atoms with E-state index in [1.165, 1.54) is 12.0 Å². The van der Waals surface area contributed by atoms with Crippen molar-refractivity contribution in [2.24, 2.45) is 4.99 Å². The van der Waals surface area contributed by atoms with Gasteiger partial charge in [0.1, 0.15) is 12.0 Å². The highest BCUT2D eigenvalue weighted by molar-refractivity contribution is 14.0. The number of benzene rings is 1. The summed E-state index contributed by atoms with van der Waals surface area (Å²) in [7, 11) is 0. The van der Waals surface area contributed by atoms with E-state index in [1.807, 2.05) is 12.1 Å². The Kier molecular flexibility index (Phi) is 9.42. The van der Waals surface area contributed by atoms with E-state index < -0.39 is 0 Å². The molecule has 29 heavy (non-hydrogen) atoms. The molecule has 1 atom stereocenters. The van der Waals surface area contributed by atoms with Gasteiger partial charge < -0.3 is 14.6 Å². The molecule has 1 fully saturated rings. The highest BCUT2D eigenvalue weighted by Crippen LogP contribution is 2.20. The molecule has 7 heteroatoms. The second-order valence-electron chi connectivity index (χ2n) is 7.29. The molecule has 6 nitrogen and oxygen atoms in total. The van der Waals surface area contributed by atoms with Crippen LogP contribution in [0.3, 0.4) is 0 Å². The molecule has 1 N–H and O–H groups in total. The average Bonchev–Trinajstić information content (AvgIpc) is 3.37. The lowest BCUT2D eigenvalue weighted by Gasteiger charge is -2.27. The van der Waals surface area contributed by atoms with E-state index in [0.29, 0.717) is 18.5 Å². The fourth-order valence-corrected chi connectivity index (χ4v) is 3.76. The zero-order valence-corrected chi connectivity index (χ0v) is 20.3. The van der Waals surface area contributed by atoms with Gasteiger partial charge >= 0.3 is 0 Å². The molecule has 1 saturated heterocycles. The first-order chi connectivity index (χ1) is 13.6. The number of aromatic nitrogens is 1. The van der Waals surface area contributed by atoms with Crippen LogP contribution in [0.25, 0.3) is 11.5 Å². The van der Waals surface area contributed by atoms with Gasteiger partial charge in [0.15, 0.2) is 5.96 Å². The minimum atomic E-state index is 0.